The summed E-state index contributed by atoms with van der Waals surface area (Å²) in [6.45, 7) is 0. The number of sulfonamides is 1. The Kier molecular flexibility index (Phi) is 3.43. The number of nitrogens with two attached hydrogens (primary N) is 1. The van der Waals surface area contributed by atoms with Gasteiger partial charge in [0.25, 0.3) is 0 Å². The second kappa shape index (κ2) is 4.19. The van der Waals surface area contributed by atoms with Gasteiger partial charge in [-0.3, -0.25) is 0 Å². The van der Waals surface area contributed by atoms with E-state index in [2.05, 4.69) is 0 Å². The fraction of sp³-hybridized carbons (Fsp3) is 0.429. The predicted molar refractivity (Wildman–Crippen MR) is 51.9 cm³/mol. The lowest BCUT2D eigenvalue weighted by Crippen LogP contribution is -2.18. The normalized spacial score (nSPS) is 14.3. The first-order valence-electron chi connectivity index (χ1n) is 3.69. The highest BCUT2D eigenvalue weighted by molar-refractivity contribution is 7.89. The van der Waals surface area contributed by atoms with Crippen LogP contribution in [-0.4, -0.2) is 19.3 Å². The third kappa shape index (κ3) is 3.86. The molecule has 0 aliphatic rings. The van der Waals surface area contributed by atoms with Gasteiger partial charge in [-0.05, 0) is 28.8 Å². The van der Waals surface area contributed by atoms with Crippen molar-refractivity contribution in [2.75, 3.05) is 5.75 Å². The Bertz CT molecular complexity index is 344. The maximum atomic E-state index is 10.6. The topological polar surface area (TPSA) is 80.4 Å². The fourth-order valence-electron chi connectivity index (χ4n) is 0.907. The molecule has 0 saturated carbocycles. The van der Waals surface area contributed by atoms with Gasteiger partial charge < -0.3 is 5.11 Å². The lowest BCUT2D eigenvalue weighted by molar-refractivity contribution is 0.175. The molecule has 1 atom stereocenters. The maximum Gasteiger partial charge on any atom is 0.209 e. The van der Waals surface area contributed by atoms with Crippen molar-refractivity contribution < 1.29 is 13.5 Å². The summed E-state index contributed by atoms with van der Waals surface area (Å²) in [5, 5.41) is 17.9. The lowest BCUT2D eigenvalue weighted by Gasteiger charge is -2.06. The Morgan fingerprint density at radius 1 is 1.62 bits per heavy atom. The Labute approximate surface area is 81.1 Å². The molecule has 0 spiro atoms. The van der Waals surface area contributed by atoms with Crippen LogP contribution in [0.1, 0.15) is 18.1 Å². The van der Waals surface area contributed by atoms with E-state index >= 15 is 0 Å². The summed E-state index contributed by atoms with van der Waals surface area (Å²) < 4.78 is 21.1. The van der Waals surface area contributed by atoms with E-state index in [4.69, 9.17) is 5.14 Å². The van der Waals surface area contributed by atoms with Crippen LogP contribution in [-0.2, 0) is 10.0 Å². The maximum absolute atomic E-state index is 10.6. The molecule has 4 nitrogen and oxygen atoms in total. The van der Waals surface area contributed by atoms with Crippen LogP contribution in [0.15, 0.2) is 16.8 Å². The average Bonchev–Trinajstić information content (AvgIpc) is 2.50. The Morgan fingerprint density at radius 3 is 2.77 bits per heavy atom. The van der Waals surface area contributed by atoms with E-state index in [0.29, 0.717) is 0 Å². The zero-order valence-corrected chi connectivity index (χ0v) is 8.51. The summed E-state index contributed by atoms with van der Waals surface area (Å²) in [5.74, 6) is -0.190. The Hall–Kier alpha value is -0.430. The second-order valence-electron chi connectivity index (χ2n) is 2.73. The van der Waals surface area contributed by atoms with Crippen molar-refractivity contribution >= 4 is 21.4 Å². The summed E-state index contributed by atoms with van der Waals surface area (Å²) in [5.41, 5.74) is 0.744. The number of aliphatic hydroxyl groups is 1. The first kappa shape index (κ1) is 10.6. The van der Waals surface area contributed by atoms with E-state index in [-0.39, 0.29) is 12.2 Å². The van der Waals surface area contributed by atoms with Gasteiger partial charge in [-0.15, -0.1) is 0 Å². The van der Waals surface area contributed by atoms with Crippen LogP contribution in [0.3, 0.4) is 0 Å². The standard InChI is InChI=1S/C7H11NO3S2/c8-13(10,11)4-2-7(9)6-1-3-12-5-6/h1,3,5,7,9H,2,4H2,(H2,8,10,11). The van der Waals surface area contributed by atoms with Crippen molar-refractivity contribution in [2.45, 2.75) is 12.5 Å². The molecule has 0 radical (unpaired) electrons. The van der Waals surface area contributed by atoms with E-state index in [0.717, 1.165) is 5.56 Å². The van der Waals surface area contributed by atoms with Gasteiger partial charge in [-0.1, -0.05) is 0 Å². The fourth-order valence-corrected chi connectivity index (χ4v) is 2.17. The molecule has 1 rings (SSSR count). The summed E-state index contributed by atoms with van der Waals surface area (Å²) in [4.78, 5) is 0. The van der Waals surface area contributed by atoms with Gasteiger partial charge in [0, 0.05) is 0 Å². The SMILES string of the molecule is NS(=O)(=O)CCC(O)c1ccsc1. The molecule has 1 unspecified atom stereocenters. The number of hydrogen-bond acceptors (Lipinski definition) is 4. The van der Waals surface area contributed by atoms with Crippen LogP contribution in [0.25, 0.3) is 0 Å². The first-order chi connectivity index (χ1) is 5.99. The molecule has 0 amide bonds. The van der Waals surface area contributed by atoms with Crippen molar-refractivity contribution in [3.63, 3.8) is 0 Å². The monoisotopic (exact) mass is 221 g/mol. The summed E-state index contributed by atoms with van der Waals surface area (Å²) in [6.07, 6.45) is -0.583. The molecule has 1 aromatic rings. The molecule has 74 valence electrons. The van der Waals surface area contributed by atoms with Crippen molar-refractivity contribution in [2.24, 2.45) is 5.14 Å². The summed E-state index contributed by atoms with van der Waals surface area (Å²) >= 11 is 1.46. The minimum absolute atomic E-state index is 0.148. The van der Waals surface area contributed by atoms with E-state index in [9.17, 15) is 13.5 Å². The quantitative estimate of drug-likeness (QED) is 0.775. The molecule has 6 heteroatoms. The van der Waals surface area contributed by atoms with Crippen LogP contribution < -0.4 is 5.14 Å². The molecule has 1 heterocycles. The van der Waals surface area contributed by atoms with Gasteiger partial charge in [-0.2, -0.15) is 11.3 Å². The molecule has 0 aliphatic carbocycles. The van der Waals surface area contributed by atoms with Crippen molar-refractivity contribution in [1.82, 2.24) is 0 Å². The zero-order chi connectivity index (χ0) is 9.90. The third-order valence-electron chi connectivity index (χ3n) is 1.60. The highest BCUT2D eigenvalue weighted by atomic mass is 32.2. The first-order valence-corrected chi connectivity index (χ1v) is 6.35. The minimum Gasteiger partial charge on any atom is -0.388 e. The van der Waals surface area contributed by atoms with Gasteiger partial charge in [0.2, 0.25) is 10.0 Å². The van der Waals surface area contributed by atoms with Gasteiger partial charge in [0.15, 0.2) is 0 Å². The van der Waals surface area contributed by atoms with Gasteiger partial charge in [-0.25, -0.2) is 13.6 Å². The van der Waals surface area contributed by atoms with Crippen LogP contribution in [0.4, 0.5) is 0 Å². The third-order valence-corrected chi connectivity index (χ3v) is 3.11. The molecule has 0 saturated heterocycles. The molecule has 0 fully saturated rings. The van der Waals surface area contributed by atoms with Crippen LogP contribution in [0, 0.1) is 0 Å². The minimum atomic E-state index is -3.47. The second-order valence-corrected chi connectivity index (χ2v) is 5.24. The van der Waals surface area contributed by atoms with Crippen molar-refractivity contribution in [1.29, 1.82) is 0 Å². The number of primary sulfonamides is 1. The molecular weight excluding hydrogens is 210 g/mol. The van der Waals surface area contributed by atoms with E-state index in [1.165, 1.54) is 11.3 Å². The average molecular weight is 221 g/mol. The van der Waals surface area contributed by atoms with Crippen molar-refractivity contribution in [3.05, 3.63) is 22.4 Å². The predicted octanol–water partition coefficient (Wildman–Crippen LogP) is 0.460. The molecule has 1 aromatic heterocycles. The Morgan fingerprint density at radius 2 is 2.31 bits per heavy atom. The van der Waals surface area contributed by atoms with E-state index < -0.39 is 16.1 Å². The molecule has 3 N–H and O–H groups in total. The van der Waals surface area contributed by atoms with Gasteiger partial charge >= 0.3 is 0 Å². The number of rotatable bonds is 4. The Balaban J connectivity index is 2.48. The van der Waals surface area contributed by atoms with Crippen LogP contribution in [0.5, 0.6) is 0 Å². The van der Waals surface area contributed by atoms with Crippen LogP contribution in [0.2, 0.25) is 0 Å². The van der Waals surface area contributed by atoms with Gasteiger partial charge in [0.05, 0.1) is 11.9 Å². The number of hydrogen-bond donors (Lipinski definition) is 2. The summed E-state index contributed by atoms with van der Waals surface area (Å²) in [7, 11) is -3.47. The largest absolute Gasteiger partial charge is 0.388 e. The van der Waals surface area contributed by atoms with Crippen LogP contribution >= 0.6 is 11.3 Å². The summed E-state index contributed by atoms with van der Waals surface area (Å²) in [6, 6.07) is 1.76. The van der Waals surface area contributed by atoms with Crippen molar-refractivity contribution in [3.8, 4) is 0 Å². The molecule has 0 bridgehead atoms. The zero-order valence-electron chi connectivity index (χ0n) is 6.88. The van der Waals surface area contributed by atoms with Gasteiger partial charge in [0.1, 0.15) is 0 Å². The molecular formula is C7H11NO3S2. The smallest absolute Gasteiger partial charge is 0.209 e. The lowest BCUT2D eigenvalue weighted by atomic mass is 10.1. The highest BCUT2D eigenvalue weighted by Gasteiger charge is 2.11. The molecule has 13 heavy (non-hydrogen) atoms. The van der Waals surface area contributed by atoms with E-state index in [1.807, 2.05) is 5.38 Å². The number of aliphatic hydroxyl groups excluding tert-OH is 1. The number of thiophene rings is 1. The van der Waals surface area contributed by atoms with E-state index in [1.54, 1.807) is 11.4 Å². The molecule has 0 aromatic carbocycles. The molecule has 0 aliphatic heterocycles. The highest BCUT2D eigenvalue weighted by Crippen LogP contribution is 2.19.